The highest BCUT2D eigenvalue weighted by Crippen LogP contribution is 2.29. The number of amides is 1. The summed E-state index contributed by atoms with van der Waals surface area (Å²) in [6.45, 7) is 2.54. The van der Waals surface area contributed by atoms with Crippen LogP contribution in [0.15, 0.2) is 35.2 Å². The van der Waals surface area contributed by atoms with Crippen LogP contribution in [-0.4, -0.2) is 19.2 Å². The van der Waals surface area contributed by atoms with Gasteiger partial charge in [-0.25, -0.2) is 12.8 Å². The molecule has 0 heterocycles. The number of rotatable bonds is 5. The van der Waals surface area contributed by atoms with Crippen molar-refractivity contribution in [1.82, 2.24) is 0 Å². The Balaban J connectivity index is 2.45. The predicted octanol–water partition coefficient (Wildman–Crippen LogP) is 3.45. The first-order chi connectivity index (χ1) is 12.0. The molecule has 8 nitrogen and oxygen atoms in total. The number of carbonyl (C=O) groups excluding carboxylic acids is 1. The van der Waals surface area contributed by atoms with Crippen molar-refractivity contribution in [1.29, 1.82) is 0 Å². The molecular weight excluding hydrogens is 389 g/mol. The molecule has 2 rings (SSSR count). The molecule has 26 heavy (non-hydrogen) atoms. The van der Waals surface area contributed by atoms with Gasteiger partial charge in [-0.05, 0) is 31.2 Å². The smallest absolute Gasteiger partial charge is 0.273 e. The second-order valence-corrected chi connectivity index (χ2v) is 7.37. The van der Waals surface area contributed by atoms with E-state index in [9.17, 15) is 27.7 Å². The van der Waals surface area contributed by atoms with Gasteiger partial charge in [-0.3, -0.25) is 19.6 Å². The van der Waals surface area contributed by atoms with Gasteiger partial charge in [-0.2, -0.15) is 0 Å². The van der Waals surface area contributed by atoms with E-state index >= 15 is 0 Å². The van der Waals surface area contributed by atoms with E-state index in [2.05, 4.69) is 10.0 Å². The van der Waals surface area contributed by atoms with Gasteiger partial charge in [0.1, 0.15) is 10.7 Å². The normalized spacial score (nSPS) is 11.1. The molecule has 0 unspecified atom stereocenters. The summed E-state index contributed by atoms with van der Waals surface area (Å²) in [5, 5.41) is 13.5. The van der Waals surface area contributed by atoms with Crippen LogP contribution < -0.4 is 10.0 Å². The van der Waals surface area contributed by atoms with Gasteiger partial charge in [-0.15, -0.1) is 0 Å². The lowest BCUT2D eigenvalue weighted by Crippen LogP contribution is -2.16. The second-order valence-electron chi connectivity index (χ2n) is 5.31. The van der Waals surface area contributed by atoms with Gasteiger partial charge in [0, 0.05) is 18.6 Å². The summed E-state index contributed by atoms with van der Waals surface area (Å²) in [5.74, 6) is -1.55. The van der Waals surface area contributed by atoms with Gasteiger partial charge in [-0.1, -0.05) is 11.6 Å². The molecule has 2 N–H and O–H groups in total. The molecule has 138 valence electrons. The van der Waals surface area contributed by atoms with E-state index < -0.39 is 37.3 Å². The van der Waals surface area contributed by atoms with Crippen molar-refractivity contribution >= 4 is 44.6 Å². The molecule has 0 saturated heterocycles. The molecular formula is C15H13ClFN3O5S. The third kappa shape index (κ3) is 4.27. The molecule has 1 amide bonds. The lowest BCUT2D eigenvalue weighted by atomic mass is 10.2. The van der Waals surface area contributed by atoms with Crippen LogP contribution >= 0.6 is 11.6 Å². The molecule has 0 aromatic heterocycles. The van der Waals surface area contributed by atoms with Gasteiger partial charge < -0.3 is 5.32 Å². The molecule has 0 radical (unpaired) electrons. The number of halogens is 2. The standard InChI is InChI=1S/C15H13ClFN3O5S/c1-8-5-12(17)15(7-14(8)20(22)23)26(24,25)19-10-3-4-11(16)13(6-10)18-9(2)21/h3-7,19H,1-2H3,(H,18,21). The number of sulfonamides is 1. The first-order valence-electron chi connectivity index (χ1n) is 7.06. The van der Waals surface area contributed by atoms with Crippen molar-refractivity contribution in [2.45, 2.75) is 18.7 Å². The van der Waals surface area contributed by atoms with Gasteiger partial charge >= 0.3 is 0 Å². The molecule has 0 aliphatic heterocycles. The Bertz CT molecular complexity index is 1010. The largest absolute Gasteiger partial charge is 0.325 e. The number of nitrogens with zero attached hydrogens (tertiary/aromatic N) is 1. The van der Waals surface area contributed by atoms with Crippen LogP contribution in [0, 0.1) is 22.9 Å². The van der Waals surface area contributed by atoms with Crippen LogP contribution in [0.3, 0.4) is 0 Å². The van der Waals surface area contributed by atoms with E-state index in [1.54, 1.807) is 0 Å². The lowest BCUT2D eigenvalue weighted by Gasteiger charge is -2.12. The lowest BCUT2D eigenvalue weighted by molar-refractivity contribution is -0.385. The predicted molar refractivity (Wildman–Crippen MR) is 94.4 cm³/mol. The minimum absolute atomic E-state index is 0.00844. The number of benzene rings is 2. The summed E-state index contributed by atoms with van der Waals surface area (Å²) in [4.78, 5) is 20.4. The van der Waals surface area contributed by atoms with Crippen molar-refractivity contribution in [3.63, 3.8) is 0 Å². The van der Waals surface area contributed by atoms with E-state index in [0.717, 1.165) is 6.07 Å². The van der Waals surface area contributed by atoms with Crippen molar-refractivity contribution in [3.8, 4) is 0 Å². The number of carbonyl (C=O) groups is 1. The summed E-state index contributed by atoms with van der Waals surface area (Å²) in [5.41, 5.74) is -0.400. The molecule has 0 aliphatic carbocycles. The Hall–Kier alpha value is -2.72. The average molecular weight is 402 g/mol. The Morgan fingerprint density at radius 1 is 1.27 bits per heavy atom. The number of nitro groups is 1. The first kappa shape index (κ1) is 19.6. The first-order valence-corrected chi connectivity index (χ1v) is 8.92. The fraction of sp³-hybridized carbons (Fsp3) is 0.133. The van der Waals surface area contributed by atoms with E-state index in [1.807, 2.05) is 0 Å². The highest BCUT2D eigenvalue weighted by Gasteiger charge is 2.25. The van der Waals surface area contributed by atoms with Crippen molar-refractivity contribution in [2.24, 2.45) is 0 Å². The fourth-order valence-electron chi connectivity index (χ4n) is 2.13. The number of aryl methyl sites for hydroxylation is 1. The fourth-order valence-corrected chi connectivity index (χ4v) is 3.42. The average Bonchev–Trinajstić information content (AvgIpc) is 2.49. The molecule has 0 aliphatic rings. The third-order valence-corrected chi connectivity index (χ3v) is 4.99. The Morgan fingerprint density at radius 2 is 1.92 bits per heavy atom. The Labute approximate surface area is 153 Å². The molecule has 0 fully saturated rings. The summed E-state index contributed by atoms with van der Waals surface area (Å²) in [7, 11) is -4.46. The third-order valence-electron chi connectivity index (χ3n) is 3.27. The number of hydrogen-bond acceptors (Lipinski definition) is 5. The minimum Gasteiger partial charge on any atom is -0.325 e. The van der Waals surface area contributed by atoms with Crippen LogP contribution in [0.4, 0.5) is 21.5 Å². The maximum Gasteiger partial charge on any atom is 0.273 e. The quantitative estimate of drug-likeness (QED) is 0.587. The number of nitro benzene ring substituents is 1. The van der Waals surface area contributed by atoms with Gasteiger partial charge in [0.15, 0.2) is 0 Å². The monoisotopic (exact) mass is 401 g/mol. The van der Waals surface area contributed by atoms with Crippen molar-refractivity contribution in [3.05, 3.63) is 56.8 Å². The molecule has 11 heteroatoms. The molecule has 0 saturated carbocycles. The Morgan fingerprint density at radius 3 is 2.50 bits per heavy atom. The second kappa shape index (κ2) is 7.26. The zero-order valence-electron chi connectivity index (χ0n) is 13.5. The minimum atomic E-state index is -4.46. The van der Waals surface area contributed by atoms with Gasteiger partial charge in [0.25, 0.3) is 15.7 Å². The zero-order chi connectivity index (χ0) is 19.6. The van der Waals surface area contributed by atoms with Crippen LogP contribution in [0.25, 0.3) is 0 Å². The number of anilines is 2. The van der Waals surface area contributed by atoms with E-state index in [4.69, 9.17) is 11.6 Å². The maximum absolute atomic E-state index is 14.1. The summed E-state index contributed by atoms with van der Waals surface area (Å²) >= 11 is 5.90. The zero-order valence-corrected chi connectivity index (χ0v) is 15.1. The molecule has 2 aromatic rings. The summed E-state index contributed by atoms with van der Waals surface area (Å²) in [6.07, 6.45) is 0. The van der Waals surface area contributed by atoms with Gasteiger partial charge in [0.05, 0.1) is 21.3 Å². The summed E-state index contributed by atoms with van der Waals surface area (Å²) in [6, 6.07) is 5.29. The van der Waals surface area contributed by atoms with Gasteiger partial charge in [0.2, 0.25) is 5.91 Å². The number of hydrogen-bond donors (Lipinski definition) is 2. The topological polar surface area (TPSA) is 118 Å². The number of nitrogens with one attached hydrogen (secondary N) is 2. The molecule has 0 bridgehead atoms. The van der Waals surface area contributed by atoms with E-state index in [-0.39, 0.29) is 22.0 Å². The Kier molecular flexibility index (Phi) is 5.47. The summed E-state index contributed by atoms with van der Waals surface area (Å²) < 4.78 is 41.1. The molecule has 0 atom stereocenters. The van der Waals surface area contributed by atoms with Crippen LogP contribution in [0.5, 0.6) is 0 Å². The van der Waals surface area contributed by atoms with E-state index in [0.29, 0.717) is 6.07 Å². The molecule has 0 spiro atoms. The highest BCUT2D eigenvalue weighted by molar-refractivity contribution is 7.92. The SMILES string of the molecule is CC(=O)Nc1cc(NS(=O)(=O)c2cc([N+](=O)[O-])c(C)cc2F)ccc1Cl. The van der Waals surface area contributed by atoms with Crippen LogP contribution in [-0.2, 0) is 14.8 Å². The van der Waals surface area contributed by atoms with Crippen LogP contribution in [0.2, 0.25) is 5.02 Å². The maximum atomic E-state index is 14.1. The van der Waals surface area contributed by atoms with E-state index in [1.165, 1.54) is 32.0 Å². The molecule has 2 aromatic carbocycles. The highest BCUT2D eigenvalue weighted by atomic mass is 35.5. The van der Waals surface area contributed by atoms with Crippen molar-refractivity contribution < 1.29 is 22.5 Å². The van der Waals surface area contributed by atoms with Crippen molar-refractivity contribution in [2.75, 3.05) is 10.0 Å². The van der Waals surface area contributed by atoms with Crippen LogP contribution in [0.1, 0.15) is 12.5 Å².